The number of nitrogens with zero attached hydrogens (tertiary/aromatic N) is 4. The number of nitro groups is 1. The van der Waals surface area contributed by atoms with Crippen LogP contribution in [-0.2, 0) is 19.1 Å². The van der Waals surface area contributed by atoms with E-state index in [4.69, 9.17) is 32.7 Å². The summed E-state index contributed by atoms with van der Waals surface area (Å²) in [6, 6.07) is 9.22. The van der Waals surface area contributed by atoms with E-state index in [1.165, 1.54) is 13.8 Å². The van der Waals surface area contributed by atoms with Crippen molar-refractivity contribution >= 4 is 57.9 Å². The molecule has 0 fully saturated rings. The molecule has 32 heavy (non-hydrogen) atoms. The maximum Gasteiger partial charge on any atom is 0.302 e. The zero-order chi connectivity index (χ0) is 23.7. The van der Waals surface area contributed by atoms with Crippen LogP contribution in [0.5, 0.6) is 0 Å². The van der Waals surface area contributed by atoms with Crippen LogP contribution in [0.15, 0.2) is 46.6 Å². The van der Waals surface area contributed by atoms with Crippen LogP contribution in [0.3, 0.4) is 0 Å². The number of anilines is 1. The van der Waals surface area contributed by atoms with Crippen LogP contribution in [0.4, 0.5) is 22.7 Å². The van der Waals surface area contributed by atoms with E-state index in [1.54, 1.807) is 24.3 Å². The Balaban J connectivity index is 2.13. The zero-order valence-corrected chi connectivity index (χ0v) is 18.8. The van der Waals surface area contributed by atoms with Crippen LogP contribution in [0.2, 0.25) is 10.0 Å². The number of ether oxygens (including phenoxy) is 2. The minimum atomic E-state index is -0.605. The summed E-state index contributed by atoms with van der Waals surface area (Å²) in [6.45, 7) is 3.80. The van der Waals surface area contributed by atoms with Crippen molar-refractivity contribution < 1.29 is 24.0 Å². The molecule has 0 aliphatic heterocycles. The second kappa shape index (κ2) is 12.0. The molecular weight excluding hydrogens is 463 g/mol. The molecule has 0 spiro atoms. The predicted molar refractivity (Wildman–Crippen MR) is 119 cm³/mol. The van der Waals surface area contributed by atoms with Gasteiger partial charge in [-0.15, -0.1) is 5.11 Å². The number of carbonyl (C=O) groups is 2. The quantitative estimate of drug-likeness (QED) is 0.196. The van der Waals surface area contributed by atoms with Gasteiger partial charge in [0, 0.05) is 31.7 Å². The van der Waals surface area contributed by atoms with E-state index < -0.39 is 4.92 Å². The Morgan fingerprint density at radius 2 is 1.47 bits per heavy atom. The Labute approximate surface area is 193 Å². The standard InChI is InChI=1S/C20H20Cl2N4O6/c1-13(27)31-9-7-25(8-10-32-14(2)28)16-5-3-15(4-6-16)23-24-20-18(21)11-17(26(29)30)12-19(20)22/h3-6,11-12H,7-10H2,1-2H3. The summed E-state index contributed by atoms with van der Waals surface area (Å²) in [4.78, 5) is 34.2. The summed E-state index contributed by atoms with van der Waals surface area (Å²) in [5, 5.41) is 18.9. The molecule has 0 amide bonds. The predicted octanol–water partition coefficient (Wildman–Crippen LogP) is 5.25. The number of carbonyl (C=O) groups excluding carboxylic acids is 2. The molecular formula is C20H20Cl2N4O6. The molecule has 0 atom stereocenters. The summed E-state index contributed by atoms with van der Waals surface area (Å²) < 4.78 is 9.98. The molecule has 0 radical (unpaired) electrons. The zero-order valence-electron chi connectivity index (χ0n) is 17.3. The van der Waals surface area contributed by atoms with Gasteiger partial charge in [-0.1, -0.05) is 23.2 Å². The second-order valence-electron chi connectivity index (χ2n) is 6.40. The van der Waals surface area contributed by atoms with Gasteiger partial charge >= 0.3 is 11.9 Å². The minimum Gasteiger partial charge on any atom is -0.464 e. The van der Waals surface area contributed by atoms with Crippen LogP contribution < -0.4 is 4.90 Å². The van der Waals surface area contributed by atoms with E-state index in [9.17, 15) is 19.7 Å². The number of esters is 2. The van der Waals surface area contributed by atoms with Gasteiger partial charge in [0.2, 0.25) is 0 Å². The fourth-order valence-corrected chi connectivity index (χ4v) is 3.11. The average Bonchev–Trinajstić information content (AvgIpc) is 2.72. The number of benzene rings is 2. The van der Waals surface area contributed by atoms with E-state index in [-0.39, 0.29) is 46.6 Å². The first-order valence-electron chi connectivity index (χ1n) is 9.34. The van der Waals surface area contributed by atoms with E-state index in [0.717, 1.165) is 17.8 Å². The number of nitro benzene ring substituents is 1. The fraction of sp³-hybridized carbons (Fsp3) is 0.300. The molecule has 0 aromatic heterocycles. The number of halogens is 2. The molecule has 2 aromatic rings. The SMILES string of the molecule is CC(=O)OCCN(CCOC(C)=O)c1ccc(N=Nc2c(Cl)cc([N+](=O)[O-])cc2Cl)cc1. The number of non-ortho nitro benzene ring substituents is 1. The molecule has 0 aliphatic carbocycles. The van der Waals surface area contributed by atoms with Crippen LogP contribution in [0.1, 0.15) is 13.8 Å². The number of rotatable bonds is 10. The third kappa shape index (κ3) is 7.78. The largest absolute Gasteiger partial charge is 0.464 e. The Kier molecular flexibility index (Phi) is 9.36. The number of hydrogen-bond acceptors (Lipinski definition) is 9. The molecule has 0 bridgehead atoms. The Morgan fingerprint density at radius 3 is 1.91 bits per heavy atom. The van der Waals surface area contributed by atoms with Gasteiger partial charge in [0.1, 0.15) is 18.9 Å². The van der Waals surface area contributed by atoms with Crippen molar-refractivity contribution in [2.24, 2.45) is 10.2 Å². The lowest BCUT2D eigenvalue weighted by atomic mass is 10.2. The highest BCUT2D eigenvalue weighted by Crippen LogP contribution is 2.37. The van der Waals surface area contributed by atoms with Gasteiger partial charge in [-0.25, -0.2) is 0 Å². The molecule has 0 saturated carbocycles. The van der Waals surface area contributed by atoms with Gasteiger partial charge in [0.25, 0.3) is 5.69 Å². The molecule has 0 saturated heterocycles. The van der Waals surface area contributed by atoms with E-state index in [1.807, 2.05) is 4.90 Å². The third-order valence-electron chi connectivity index (χ3n) is 4.03. The summed E-state index contributed by atoms with van der Waals surface area (Å²) >= 11 is 12.1. The van der Waals surface area contributed by atoms with Gasteiger partial charge in [-0.2, -0.15) is 5.11 Å². The van der Waals surface area contributed by atoms with E-state index >= 15 is 0 Å². The van der Waals surface area contributed by atoms with Crippen molar-refractivity contribution in [3.8, 4) is 0 Å². The van der Waals surface area contributed by atoms with Crippen molar-refractivity contribution in [3.05, 3.63) is 56.6 Å². The molecule has 0 N–H and O–H groups in total. The molecule has 0 unspecified atom stereocenters. The third-order valence-corrected chi connectivity index (χ3v) is 4.60. The van der Waals surface area contributed by atoms with Crippen molar-refractivity contribution in [1.29, 1.82) is 0 Å². The maximum atomic E-state index is 11.0. The highest BCUT2D eigenvalue weighted by atomic mass is 35.5. The lowest BCUT2D eigenvalue weighted by molar-refractivity contribution is -0.384. The lowest BCUT2D eigenvalue weighted by Crippen LogP contribution is -2.31. The molecule has 2 aromatic carbocycles. The summed E-state index contributed by atoms with van der Waals surface area (Å²) in [6.07, 6.45) is 0. The first-order valence-corrected chi connectivity index (χ1v) is 10.1. The summed E-state index contributed by atoms with van der Waals surface area (Å²) in [5.74, 6) is -0.770. The molecule has 2 rings (SSSR count). The van der Waals surface area contributed by atoms with Gasteiger partial charge in [-0.3, -0.25) is 19.7 Å². The van der Waals surface area contributed by atoms with Gasteiger partial charge in [0.15, 0.2) is 0 Å². The normalized spacial score (nSPS) is 10.8. The summed E-state index contributed by atoms with van der Waals surface area (Å²) in [7, 11) is 0. The highest BCUT2D eigenvalue weighted by molar-refractivity contribution is 6.39. The molecule has 0 heterocycles. The fourth-order valence-electron chi connectivity index (χ4n) is 2.56. The monoisotopic (exact) mass is 482 g/mol. The van der Waals surface area contributed by atoms with E-state index in [0.29, 0.717) is 18.8 Å². The van der Waals surface area contributed by atoms with Crippen molar-refractivity contribution in [2.45, 2.75) is 13.8 Å². The highest BCUT2D eigenvalue weighted by Gasteiger charge is 2.14. The Morgan fingerprint density at radius 1 is 0.969 bits per heavy atom. The van der Waals surface area contributed by atoms with Gasteiger partial charge in [0.05, 0.1) is 33.7 Å². The molecule has 170 valence electrons. The van der Waals surface area contributed by atoms with Gasteiger partial charge < -0.3 is 14.4 Å². The molecule has 10 nitrogen and oxygen atoms in total. The second-order valence-corrected chi connectivity index (χ2v) is 7.21. The lowest BCUT2D eigenvalue weighted by Gasteiger charge is -2.24. The number of azo groups is 1. The van der Waals surface area contributed by atoms with Crippen LogP contribution in [0, 0.1) is 10.1 Å². The molecule has 12 heteroatoms. The number of hydrogen-bond donors (Lipinski definition) is 0. The first-order chi connectivity index (χ1) is 15.2. The topological polar surface area (TPSA) is 124 Å². The minimum absolute atomic E-state index is 0.00619. The molecule has 0 aliphatic rings. The van der Waals surface area contributed by atoms with Crippen LogP contribution in [-0.4, -0.2) is 43.2 Å². The maximum absolute atomic E-state index is 11.0. The van der Waals surface area contributed by atoms with Crippen LogP contribution in [0.25, 0.3) is 0 Å². The Bertz CT molecular complexity index is 971. The van der Waals surface area contributed by atoms with Crippen molar-refractivity contribution in [3.63, 3.8) is 0 Å². The van der Waals surface area contributed by atoms with Crippen molar-refractivity contribution in [1.82, 2.24) is 0 Å². The van der Waals surface area contributed by atoms with Crippen molar-refractivity contribution in [2.75, 3.05) is 31.2 Å². The summed E-state index contributed by atoms with van der Waals surface area (Å²) in [5.41, 5.74) is 1.15. The smallest absolute Gasteiger partial charge is 0.302 e. The van der Waals surface area contributed by atoms with Gasteiger partial charge in [-0.05, 0) is 24.3 Å². The Hall–Kier alpha value is -3.24. The van der Waals surface area contributed by atoms with E-state index in [2.05, 4.69) is 10.2 Å². The average molecular weight is 483 g/mol. The first kappa shape index (κ1) is 25.0. The van der Waals surface area contributed by atoms with Crippen LogP contribution >= 0.6 is 23.2 Å².